The molecule has 0 aromatic heterocycles. The summed E-state index contributed by atoms with van der Waals surface area (Å²) in [6.45, 7) is 7.74. The Morgan fingerprint density at radius 1 is 1.42 bits per heavy atom. The number of hydrogen-bond donors (Lipinski definition) is 1. The zero-order chi connectivity index (χ0) is 14.0. The van der Waals surface area contributed by atoms with Crippen LogP contribution >= 0.6 is 11.9 Å². The van der Waals surface area contributed by atoms with Crippen molar-refractivity contribution in [1.29, 1.82) is 0 Å². The van der Waals surface area contributed by atoms with E-state index in [-0.39, 0.29) is 4.75 Å². The molecule has 1 aromatic carbocycles. The maximum absolute atomic E-state index is 13.5. The molecule has 0 saturated heterocycles. The molecule has 1 aliphatic rings. The number of nitrogens with one attached hydrogen (secondary N) is 1. The Morgan fingerprint density at radius 3 is 2.68 bits per heavy atom. The molecule has 1 fully saturated rings. The first-order chi connectivity index (χ1) is 8.97. The zero-order valence-corrected chi connectivity index (χ0v) is 12.2. The van der Waals surface area contributed by atoms with Crippen LogP contribution in [0.25, 0.3) is 0 Å². The van der Waals surface area contributed by atoms with Crippen molar-refractivity contribution >= 4 is 17.6 Å². The van der Waals surface area contributed by atoms with Crippen molar-refractivity contribution < 1.29 is 8.78 Å². The average molecular weight is 283 g/mol. The molecule has 0 bridgehead atoms. The van der Waals surface area contributed by atoms with Crippen LogP contribution in [-0.4, -0.2) is 4.75 Å². The number of hydrogen-bond acceptors (Lipinski definition) is 2. The van der Waals surface area contributed by atoms with Gasteiger partial charge in [-0.25, -0.2) is 8.78 Å². The summed E-state index contributed by atoms with van der Waals surface area (Å²) in [6.07, 6.45) is 4.27. The molecule has 0 aliphatic heterocycles. The lowest BCUT2D eigenvalue weighted by Gasteiger charge is -2.18. The van der Waals surface area contributed by atoms with E-state index in [1.807, 2.05) is 0 Å². The average Bonchev–Trinajstić information content (AvgIpc) is 3.15. The van der Waals surface area contributed by atoms with Gasteiger partial charge in [0, 0.05) is 10.3 Å². The molecule has 19 heavy (non-hydrogen) atoms. The Morgan fingerprint density at radius 2 is 2.11 bits per heavy atom. The highest BCUT2D eigenvalue weighted by Crippen LogP contribution is 2.52. The van der Waals surface area contributed by atoms with Gasteiger partial charge in [-0.05, 0) is 56.7 Å². The van der Waals surface area contributed by atoms with Gasteiger partial charge in [0.1, 0.15) is 0 Å². The highest BCUT2D eigenvalue weighted by Gasteiger charge is 2.43. The van der Waals surface area contributed by atoms with E-state index >= 15 is 0 Å². The van der Waals surface area contributed by atoms with Gasteiger partial charge in [0.15, 0.2) is 11.6 Å². The van der Waals surface area contributed by atoms with Crippen molar-refractivity contribution in [3.05, 3.63) is 41.5 Å². The third kappa shape index (κ3) is 3.30. The minimum Gasteiger partial charge on any atom is -0.329 e. The molecule has 0 heterocycles. The topological polar surface area (TPSA) is 12.0 Å². The van der Waals surface area contributed by atoms with Crippen molar-refractivity contribution in [1.82, 2.24) is 0 Å². The third-order valence-corrected chi connectivity index (χ3v) is 4.90. The molecule has 0 radical (unpaired) electrons. The minimum atomic E-state index is -0.798. The van der Waals surface area contributed by atoms with Crippen LogP contribution in [-0.2, 0) is 0 Å². The van der Waals surface area contributed by atoms with Crippen LogP contribution in [0.1, 0.15) is 38.2 Å². The van der Waals surface area contributed by atoms with Crippen molar-refractivity contribution in [3.8, 4) is 0 Å². The Bertz CT molecular complexity index is 495. The smallest absolute Gasteiger partial charge is 0.163 e. The molecule has 0 atom stereocenters. The molecular weight excluding hydrogens is 264 g/mol. The summed E-state index contributed by atoms with van der Waals surface area (Å²) in [5.74, 6) is -1.57. The van der Waals surface area contributed by atoms with Crippen LogP contribution < -0.4 is 4.72 Å². The largest absolute Gasteiger partial charge is 0.329 e. The molecule has 104 valence electrons. The first kappa shape index (κ1) is 14.4. The van der Waals surface area contributed by atoms with Gasteiger partial charge in [0.25, 0.3) is 0 Å². The molecular formula is C15H19F2NS. The Balaban J connectivity index is 2.00. The summed E-state index contributed by atoms with van der Waals surface area (Å²) >= 11 is 1.62. The maximum atomic E-state index is 13.5. The van der Waals surface area contributed by atoms with Gasteiger partial charge in [-0.1, -0.05) is 19.1 Å². The van der Waals surface area contributed by atoms with Gasteiger partial charge in [0.2, 0.25) is 0 Å². The van der Waals surface area contributed by atoms with Crippen molar-refractivity contribution in [2.24, 2.45) is 0 Å². The Kier molecular flexibility index (Phi) is 4.19. The van der Waals surface area contributed by atoms with E-state index in [1.165, 1.54) is 5.57 Å². The second kappa shape index (κ2) is 5.53. The predicted molar refractivity (Wildman–Crippen MR) is 78.3 cm³/mol. The van der Waals surface area contributed by atoms with E-state index < -0.39 is 11.6 Å². The molecule has 4 heteroatoms. The molecule has 0 unspecified atom stereocenters. The van der Waals surface area contributed by atoms with Crippen LogP contribution in [0.3, 0.4) is 0 Å². The highest BCUT2D eigenvalue weighted by atomic mass is 32.2. The Hall–Kier alpha value is -1.03. The normalized spacial score (nSPS) is 16.2. The van der Waals surface area contributed by atoms with Crippen LogP contribution in [0, 0.1) is 18.6 Å². The maximum Gasteiger partial charge on any atom is 0.163 e. The summed E-state index contributed by atoms with van der Waals surface area (Å²) < 4.78 is 29.9. The van der Waals surface area contributed by atoms with Crippen molar-refractivity contribution in [2.75, 3.05) is 4.72 Å². The number of allylic oxidation sites excluding steroid dienone is 1. The van der Waals surface area contributed by atoms with Gasteiger partial charge < -0.3 is 4.72 Å². The summed E-state index contributed by atoms with van der Waals surface area (Å²) in [6, 6.07) is 2.75. The zero-order valence-electron chi connectivity index (χ0n) is 11.4. The molecule has 1 aromatic rings. The van der Waals surface area contributed by atoms with E-state index in [9.17, 15) is 8.78 Å². The lowest BCUT2D eigenvalue weighted by molar-refractivity contribution is 0.504. The SMILES string of the molecule is C=C(CC)CC1(SNc2ccc(F)c(F)c2C)CC1. The molecule has 2 rings (SSSR count). The van der Waals surface area contributed by atoms with E-state index in [4.69, 9.17) is 0 Å². The monoisotopic (exact) mass is 283 g/mol. The van der Waals surface area contributed by atoms with Crippen LogP contribution in [0.2, 0.25) is 0 Å². The molecule has 0 amide bonds. The van der Waals surface area contributed by atoms with Crippen LogP contribution in [0.15, 0.2) is 24.3 Å². The Labute approximate surface area is 117 Å². The number of benzene rings is 1. The third-order valence-electron chi connectivity index (χ3n) is 3.60. The minimum absolute atomic E-state index is 0.199. The van der Waals surface area contributed by atoms with Crippen LogP contribution in [0.4, 0.5) is 14.5 Å². The molecule has 1 nitrogen and oxygen atoms in total. The second-order valence-electron chi connectivity index (χ2n) is 5.20. The number of anilines is 1. The summed E-state index contributed by atoms with van der Waals surface area (Å²) in [5.41, 5.74) is 2.23. The van der Waals surface area contributed by atoms with Gasteiger partial charge in [-0.15, -0.1) is 0 Å². The van der Waals surface area contributed by atoms with Gasteiger partial charge in [0.05, 0.1) is 5.69 Å². The quantitative estimate of drug-likeness (QED) is 0.567. The van der Waals surface area contributed by atoms with Gasteiger partial charge in [-0.3, -0.25) is 0 Å². The fraction of sp³-hybridized carbons (Fsp3) is 0.467. The van der Waals surface area contributed by atoms with Crippen LogP contribution in [0.5, 0.6) is 0 Å². The highest BCUT2D eigenvalue weighted by molar-refractivity contribution is 8.02. The fourth-order valence-corrected chi connectivity index (χ4v) is 3.09. The van der Waals surface area contributed by atoms with Gasteiger partial charge >= 0.3 is 0 Å². The molecule has 1 N–H and O–H groups in total. The first-order valence-electron chi connectivity index (χ1n) is 6.53. The van der Waals surface area contributed by atoms with E-state index in [0.29, 0.717) is 11.3 Å². The predicted octanol–water partition coefficient (Wildman–Crippen LogP) is 5.22. The summed E-state index contributed by atoms with van der Waals surface area (Å²) in [5, 5.41) is 0. The lowest BCUT2D eigenvalue weighted by atomic mass is 10.1. The number of halogens is 2. The van der Waals surface area contributed by atoms with E-state index in [1.54, 1.807) is 24.9 Å². The van der Waals surface area contributed by atoms with Gasteiger partial charge in [-0.2, -0.15) is 0 Å². The molecule has 0 spiro atoms. The van der Waals surface area contributed by atoms with E-state index in [2.05, 4.69) is 18.2 Å². The van der Waals surface area contributed by atoms with Crippen molar-refractivity contribution in [2.45, 2.75) is 44.3 Å². The lowest BCUT2D eigenvalue weighted by Crippen LogP contribution is -2.08. The van der Waals surface area contributed by atoms with E-state index in [0.717, 1.165) is 31.7 Å². The first-order valence-corrected chi connectivity index (χ1v) is 7.34. The molecule has 1 aliphatic carbocycles. The fourth-order valence-electron chi connectivity index (χ4n) is 1.96. The summed E-state index contributed by atoms with van der Waals surface area (Å²) in [7, 11) is 0. The second-order valence-corrected chi connectivity index (χ2v) is 6.48. The number of rotatable bonds is 6. The van der Waals surface area contributed by atoms with Crippen molar-refractivity contribution in [3.63, 3.8) is 0 Å². The molecule has 1 saturated carbocycles. The summed E-state index contributed by atoms with van der Waals surface area (Å²) in [4.78, 5) is 0. The standard InChI is InChI=1S/C15H19F2NS/c1-4-10(2)9-15(7-8-15)19-18-13-6-5-12(16)14(17)11(13)3/h5-6,18H,2,4,7-9H2,1,3H3.